The normalized spacial score (nSPS) is 24.3. The van der Waals surface area contributed by atoms with E-state index in [9.17, 15) is 13.2 Å². The van der Waals surface area contributed by atoms with Crippen LogP contribution in [0.2, 0.25) is 0 Å². The third-order valence-electron chi connectivity index (χ3n) is 4.49. The van der Waals surface area contributed by atoms with Gasteiger partial charge in [-0.3, -0.25) is 4.79 Å². The average Bonchev–Trinajstić information content (AvgIpc) is 2.47. The first-order valence-corrected chi connectivity index (χ1v) is 8.93. The number of nitrogens with two attached hydrogens (primary N) is 1. The highest BCUT2D eigenvalue weighted by Gasteiger charge is 2.40. The maximum Gasteiger partial charge on any atom is 0.281 e. The maximum absolute atomic E-state index is 12.6. The van der Waals surface area contributed by atoms with Gasteiger partial charge in [0, 0.05) is 40.3 Å². The lowest BCUT2D eigenvalue weighted by atomic mass is 9.81. The summed E-state index contributed by atoms with van der Waals surface area (Å²) >= 11 is 0. The largest absolute Gasteiger partial charge is 0.338 e. The maximum atomic E-state index is 12.6. The number of amides is 1. The van der Waals surface area contributed by atoms with Gasteiger partial charge in [0.1, 0.15) is 0 Å². The van der Waals surface area contributed by atoms with Crippen LogP contribution in [0, 0.1) is 0 Å². The van der Waals surface area contributed by atoms with Crippen LogP contribution in [0.25, 0.3) is 0 Å². The monoisotopic (exact) mass is 318 g/mol. The van der Waals surface area contributed by atoms with E-state index in [4.69, 9.17) is 5.73 Å². The molecule has 1 aliphatic heterocycles. The molecule has 122 valence electrons. The molecule has 1 saturated carbocycles. The van der Waals surface area contributed by atoms with Gasteiger partial charge in [0.05, 0.1) is 5.54 Å². The molecule has 0 atom stereocenters. The predicted octanol–water partition coefficient (Wildman–Crippen LogP) is -0.401. The molecule has 21 heavy (non-hydrogen) atoms. The van der Waals surface area contributed by atoms with Gasteiger partial charge in [0.25, 0.3) is 10.2 Å². The van der Waals surface area contributed by atoms with E-state index in [1.165, 1.54) is 22.7 Å². The molecule has 8 heteroatoms. The number of carbonyl (C=O) groups excluding carboxylic acids is 1. The lowest BCUT2D eigenvalue weighted by molar-refractivity contribution is -0.139. The summed E-state index contributed by atoms with van der Waals surface area (Å²) < 4.78 is 26.7. The van der Waals surface area contributed by atoms with Crippen LogP contribution in [0.1, 0.15) is 32.1 Å². The van der Waals surface area contributed by atoms with Gasteiger partial charge >= 0.3 is 0 Å². The molecule has 1 heterocycles. The van der Waals surface area contributed by atoms with Crippen LogP contribution >= 0.6 is 0 Å². The number of hydrogen-bond acceptors (Lipinski definition) is 4. The zero-order chi connectivity index (χ0) is 15.7. The quantitative estimate of drug-likeness (QED) is 0.767. The highest BCUT2D eigenvalue weighted by atomic mass is 32.2. The number of hydrogen-bond donors (Lipinski definition) is 1. The van der Waals surface area contributed by atoms with Gasteiger partial charge in [-0.25, -0.2) is 0 Å². The Bertz CT molecular complexity index is 478. The number of carbonyl (C=O) groups is 1. The third kappa shape index (κ3) is 3.39. The lowest BCUT2D eigenvalue weighted by Gasteiger charge is -2.41. The smallest absolute Gasteiger partial charge is 0.281 e. The van der Waals surface area contributed by atoms with Gasteiger partial charge in [0.2, 0.25) is 5.91 Å². The summed E-state index contributed by atoms with van der Waals surface area (Å²) in [6.45, 7) is 1.51. The van der Waals surface area contributed by atoms with Gasteiger partial charge in [-0.15, -0.1) is 0 Å². The summed E-state index contributed by atoms with van der Waals surface area (Å²) in [5.74, 6) is -0.0101. The van der Waals surface area contributed by atoms with Crippen LogP contribution in [-0.4, -0.2) is 73.6 Å². The fraction of sp³-hybridized carbons (Fsp3) is 0.923. The van der Waals surface area contributed by atoms with E-state index in [1.54, 1.807) is 4.90 Å². The highest BCUT2D eigenvalue weighted by Crippen LogP contribution is 2.28. The molecule has 2 rings (SSSR count). The molecule has 0 aromatic rings. The van der Waals surface area contributed by atoms with Crippen molar-refractivity contribution in [2.45, 2.75) is 37.6 Å². The van der Waals surface area contributed by atoms with E-state index in [-0.39, 0.29) is 5.91 Å². The molecule has 0 aromatic carbocycles. The van der Waals surface area contributed by atoms with Crippen molar-refractivity contribution in [3.05, 3.63) is 0 Å². The minimum atomic E-state index is -3.39. The van der Waals surface area contributed by atoms with E-state index < -0.39 is 15.7 Å². The molecule has 7 nitrogen and oxygen atoms in total. The van der Waals surface area contributed by atoms with Crippen molar-refractivity contribution in [2.75, 3.05) is 40.3 Å². The predicted molar refractivity (Wildman–Crippen MR) is 80.8 cm³/mol. The van der Waals surface area contributed by atoms with E-state index in [1.807, 2.05) is 0 Å². The number of rotatable bonds is 3. The summed E-state index contributed by atoms with van der Waals surface area (Å²) in [5, 5.41) is 0. The van der Waals surface area contributed by atoms with Crippen molar-refractivity contribution < 1.29 is 13.2 Å². The van der Waals surface area contributed by atoms with Gasteiger partial charge in [-0.1, -0.05) is 19.3 Å². The Labute approximate surface area is 127 Å². The van der Waals surface area contributed by atoms with E-state index in [0.717, 1.165) is 32.1 Å². The molecule has 0 aromatic heterocycles. The average molecular weight is 318 g/mol. The number of nitrogens with zero attached hydrogens (tertiary/aromatic N) is 3. The zero-order valence-corrected chi connectivity index (χ0v) is 13.7. The SMILES string of the molecule is CN(C)S(=O)(=O)N1CCN(C(=O)C2(N)CCCCC2)CC1. The first kappa shape index (κ1) is 16.7. The summed E-state index contributed by atoms with van der Waals surface area (Å²) in [5.41, 5.74) is 5.54. The van der Waals surface area contributed by atoms with Crippen molar-refractivity contribution >= 4 is 16.1 Å². The summed E-state index contributed by atoms with van der Waals surface area (Å²) in [7, 11) is -0.356. The molecular formula is C13H26N4O3S. The van der Waals surface area contributed by atoms with Crippen LogP contribution in [0.5, 0.6) is 0 Å². The Hall–Kier alpha value is -0.700. The topological polar surface area (TPSA) is 87.0 Å². The second kappa shape index (κ2) is 6.20. The fourth-order valence-corrected chi connectivity index (χ4v) is 4.15. The molecule has 0 spiro atoms. The van der Waals surface area contributed by atoms with Crippen LogP contribution in [0.3, 0.4) is 0 Å². The molecule has 0 unspecified atom stereocenters. The first-order chi connectivity index (χ1) is 9.77. The number of piperazine rings is 1. The summed E-state index contributed by atoms with van der Waals surface area (Å²) in [6.07, 6.45) is 4.61. The molecule has 1 aliphatic carbocycles. The van der Waals surface area contributed by atoms with Gasteiger partial charge in [-0.2, -0.15) is 17.0 Å². The van der Waals surface area contributed by atoms with Crippen LogP contribution in [0.15, 0.2) is 0 Å². The van der Waals surface area contributed by atoms with Crippen LogP contribution in [-0.2, 0) is 15.0 Å². The molecule has 2 aliphatic rings. The second-order valence-corrected chi connectivity index (χ2v) is 8.34. The second-order valence-electron chi connectivity index (χ2n) is 6.20. The highest BCUT2D eigenvalue weighted by molar-refractivity contribution is 7.86. The minimum absolute atomic E-state index is 0.0101. The van der Waals surface area contributed by atoms with Gasteiger partial charge in [-0.05, 0) is 12.8 Å². The van der Waals surface area contributed by atoms with Crippen LogP contribution in [0.4, 0.5) is 0 Å². The van der Waals surface area contributed by atoms with Crippen molar-refractivity contribution in [1.82, 2.24) is 13.5 Å². The Morgan fingerprint density at radius 2 is 1.57 bits per heavy atom. The summed E-state index contributed by atoms with van der Waals surface area (Å²) in [6, 6.07) is 0. The Balaban J connectivity index is 1.96. The molecule has 2 N–H and O–H groups in total. The van der Waals surface area contributed by atoms with Crippen molar-refractivity contribution in [1.29, 1.82) is 0 Å². The van der Waals surface area contributed by atoms with Gasteiger partial charge in [0.15, 0.2) is 0 Å². The third-order valence-corrected chi connectivity index (χ3v) is 6.43. The van der Waals surface area contributed by atoms with E-state index in [2.05, 4.69) is 0 Å². The zero-order valence-electron chi connectivity index (χ0n) is 12.9. The van der Waals surface area contributed by atoms with Crippen molar-refractivity contribution in [3.8, 4) is 0 Å². The lowest BCUT2D eigenvalue weighted by Crippen LogP contribution is -2.61. The van der Waals surface area contributed by atoms with E-state index >= 15 is 0 Å². The Morgan fingerprint density at radius 1 is 1.05 bits per heavy atom. The molecule has 0 radical (unpaired) electrons. The molecular weight excluding hydrogens is 292 g/mol. The van der Waals surface area contributed by atoms with Crippen LogP contribution < -0.4 is 5.73 Å². The Kier molecular flexibility index (Phi) is 4.92. The minimum Gasteiger partial charge on any atom is -0.338 e. The van der Waals surface area contributed by atoms with Crippen molar-refractivity contribution in [2.24, 2.45) is 5.73 Å². The van der Waals surface area contributed by atoms with Crippen molar-refractivity contribution in [3.63, 3.8) is 0 Å². The standard InChI is InChI=1S/C13H26N4O3S/c1-15(2)21(19,20)17-10-8-16(9-11-17)12(18)13(14)6-4-3-5-7-13/h3-11,14H2,1-2H3. The molecule has 2 fully saturated rings. The molecule has 1 saturated heterocycles. The van der Waals surface area contributed by atoms with Gasteiger partial charge < -0.3 is 10.6 Å². The molecule has 0 bridgehead atoms. The Morgan fingerprint density at radius 3 is 2.05 bits per heavy atom. The first-order valence-electron chi connectivity index (χ1n) is 7.53. The fourth-order valence-electron chi connectivity index (χ4n) is 3.06. The molecule has 1 amide bonds. The summed E-state index contributed by atoms with van der Waals surface area (Å²) in [4.78, 5) is 14.3. The van der Waals surface area contributed by atoms with E-state index in [0.29, 0.717) is 26.2 Å².